The van der Waals surface area contributed by atoms with Crippen LogP contribution in [0.3, 0.4) is 0 Å². The Labute approximate surface area is 115 Å². The smallest absolute Gasteiger partial charge is 0.224 e. The van der Waals surface area contributed by atoms with Crippen LogP contribution in [0.4, 0.5) is 0 Å². The van der Waals surface area contributed by atoms with Crippen molar-refractivity contribution in [3.63, 3.8) is 0 Å². The number of nitrogens with zero attached hydrogens (tertiary/aromatic N) is 2. The van der Waals surface area contributed by atoms with Crippen LogP contribution >= 0.6 is 0 Å². The first kappa shape index (κ1) is 14.0. The third-order valence-corrected chi connectivity index (χ3v) is 3.77. The van der Waals surface area contributed by atoms with Crippen LogP contribution in [-0.2, 0) is 11.3 Å². The average molecular weight is 261 g/mol. The summed E-state index contributed by atoms with van der Waals surface area (Å²) in [6.07, 6.45) is 10.0. The van der Waals surface area contributed by atoms with Crippen LogP contribution in [-0.4, -0.2) is 28.4 Å². The first-order valence-electron chi connectivity index (χ1n) is 7.19. The molecule has 1 aliphatic carbocycles. The number of amides is 1. The second-order valence-electron chi connectivity index (χ2n) is 5.21. The van der Waals surface area contributed by atoms with Gasteiger partial charge in [0.05, 0.1) is 0 Å². The molecule has 0 atom stereocenters. The summed E-state index contributed by atoms with van der Waals surface area (Å²) in [7, 11) is 0. The fraction of sp³-hybridized carbons (Fsp3) is 0.600. The molecule has 0 bridgehead atoms. The predicted octanol–water partition coefficient (Wildman–Crippen LogP) is 2.09. The van der Waals surface area contributed by atoms with E-state index in [-0.39, 0.29) is 5.91 Å². The second kappa shape index (κ2) is 7.24. The van der Waals surface area contributed by atoms with Crippen molar-refractivity contribution in [3.8, 4) is 0 Å². The molecule has 0 radical (unpaired) electrons. The molecule has 1 saturated carbocycles. The maximum absolute atomic E-state index is 12.3. The van der Waals surface area contributed by atoms with Gasteiger partial charge in [0.15, 0.2) is 0 Å². The van der Waals surface area contributed by atoms with Gasteiger partial charge in [0.2, 0.25) is 5.91 Å². The van der Waals surface area contributed by atoms with Gasteiger partial charge in [-0.2, -0.15) is 0 Å². The fourth-order valence-electron chi connectivity index (χ4n) is 2.77. The number of carbonyl (C=O) groups excluding carboxylic acids is 1. The molecule has 2 N–H and O–H groups in total. The van der Waals surface area contributed by atoms with Crippen molar-refractivity contribution in [2.45, 2.75) is 51.1 Å². The van der Waals surface area contributed by atoms with Gasteiger partial charge in [-0.3, -0.25) is 9.78 Å². The van der Waals surface area contributed by atoms with Crippen LogP contribution < -0.4 is 5.73 Å². The van der Waals surface area contributed by atoms with E-state index in [1.807, 2.05) is 23.2 Å². The zero-order valence-electron chi connectivity index (χ0n) is 11.4. The lowest BCUT2D eigenvalue weighted by Gasteiger charge is -2.34. The lowest BCUT2D eigenvalue weighted by atomic mass is 9.93. The molecule has 1 aromatic heterocycles. The zero-order valence-corrected chi connectivity index (χ0v) is 11.4. The van der Waals surface area contributed by atoms with Crippen LogP contribution in [0.5, 0.6) is 0 Å². The highest BCUT2D eigenvalue weighted by Crippen LogP contribution is 2.24. The van der Waals surface area contributed by atoms with E-state index >= 15 is 0 Å². The number of aromatic nitrogens is 1. The summed E-state index contributed by atoms with van der Waals surface area (Å²) in [5.74, 6) is 0.179. The maximum atomic E-state index is 12.3. The number of pyridine rings is 1. The molecule has 4 nitrogen and oxygen atoms in total. The highest BCUT2D eigenvalue weighted by Gasteiger charge is 2.24. The van der Waals surface area contributed by atoms with Gasteiger partial charge in [-0.1, -0.05) is 25.3 Å². The molecule has 19 heavy (non-hydrogen) atoms. The lowest BCUT2D eigenvalue weighted by Crippen LogP contribution is -2.41. The van der Waals surface area contributed by atoms with Gasteiger partial charge in [0.25, 0.3) is 0 Å². The van der Waals surface area contributed by atoms with E-state index in [1.54, 1.807) is 6.20 Å². The molecule has 104 valence electrons. The van der Waals surface area contributed by atoms with Gasteiger partial charge in [0, 0.05) is 37.9 Å². The Hall–Kier alpha value is -1.42. The monoisotopic (exact) mass is 261 g/mol. The summed E-state index contributed by atoms with van der Waals surface area (Å²) in [6, 6.07) is 4.33. The van der Waals surface area contributed by atoms with E-state index in [9.17, 15) is 4.79 Å². The zero-order chi connectivity index (χ0) is 13.5. The molecule has 1 aliphatic rings. The van der Waals surface area contributed by atoms with Gasteiger partial charge in [-0.25, -0.2) is 0 Å². The summed E-state index contributed by atoms with van der Waals surface area (Å²) < 4.78 is 0. The minimum atomic E-state index is 0.179. The minimum Gasteiger partial charge on any atom is -0.335 e. The molecule has 0 spiro atoms. The quantitative estimate of drug-likeness (QED) is 0.883. The van der Waals surface area contributed by atoms with Crippen molar-refractivity contribution in [2.24, 2.45) is 5.73 Å². The number of carbonyl (C=O) groups is 1. The summed E-state index contributed by atoms with van der Waals surface area (Å²) in [5, 5.41) is 0. The standard InChI is InChI=1S/C15H23N3O/c16-9-8-15(19)18(14-6-2-1-3-7-14)12-13-5-4-10-17-11-13/h4-5,10-11,14H,1-3,6-9,12,16H2. The summed E-state index contributed by atoms with van der Waals surface area (Å²) in [5.41, 5.74) is 6.63. The first-order valence-corrected chi connectivity index (χ1v) is 7.19. The fourth-order valence-corrected chi connectivity index (χ4v) is 2.77. The molecule has 1 heterocycles. The van der Waals surface area contributed by atoms with Gasteiger partial charge in [0.1, 0.15) is 0 Å². The molecule has 2 rings (SSSR count). The van der Waals surface area contributed by atoms with Gasteiger partial charge in [-0.05, 0) is 24.5 Å². The van der Waals surface area contributed by atoms with Crippen LogP contribution in [0.1, 0.15) is 44.1 Å². The lowest BCUT2D eigenvalue weighted by molar-refractivity contribution is -0.134. The van der Waals surface area contributed by atoms with Crippen molar-refractivity contribution in [1.82, 2.24) is 9.88 Å². The number of nitrogens with two attached hydrogens (primary N) is 1. The molecule has 4 heteroatoms. The summed E-state index contributed by atoms with van der Waals surface area (Å²) in [6.45, 7) is 1.09. The van der Waals surface area contributed by atoms with Crippen molar-refractivity contribution in [2.75, 3.05) is 6.54 Å². The molecular formula is C15H23N3O. The van der Waals surface area contributed by atoms with Gasteiger partial charge in [-0.15, -0.1) is 0 Å². The molecule has 0 aliphatic heterocycles. The number of hydrogen-bond donors (Lipinski definition) is 1. The van der Waals surface area contributed by atoms with Crippen molar-refractivity contribution in [3.05, 3.63) is 30.1 Å². The largest absolute Gasteiger partial charge is 0.335 e. The highest BCUT2D eigenvalue weighted by molar-refractivity contribution is 5.76. The highest BCUT2D eigenvalue weighted by atomic mass is 16.2. The SMILES string of the molecule is NCCC(=O)N(Cc1cccnc1)C1CCCCC1. The Morgan fingerprint density at radius 2 is 2.16 bits per heavy atom. The van der Waals surface area contributed by atoms with Crippen molar-refractivity contribution >= 4 is 5.91 Å². The van der Waals surface area contributed by atoms with Crippen molar-refractivity contribution in [1.29, 1.82) is 0 Å². The summed E-state index contributed by atoms with van der Waals surface area (Å²) in [4.78, 5) is 18.4. The second-order valence-corrected chi connectivity index (χ2v) is 5.21. The van der Waals surface area contributed by atoms with E-state index < -0.39 is 0 Å². The molecule has 1 fully saturated rings. The van der Waals surface area contributed by atoms with E-state index in [0.29, 0.717) is 25.6 Å². The molecule has 1 aromatic rings. The Morgan fingerprint density at radius 1 is 1.37 bits per heavy atom. The molecule has 0 aromatic carbocycles. The molecule has 1 amide bonds. The van der Waals surface area contributed by atoms with Crippen molar-refractivity contribution < 1.29 is 4.79 Å². The van der Waals surface area contributed by atoms with Crippen LogP contribution in [0.25, 0.3) is 0 Å². The third kappa shape index (κ3) is 4.03. The van der Waals surface area contributed by atoms with Crippen LogP contribution in [0.2, 0.25) is 0 Å². The maximum Gasteiger partial charge on any atom is 0.224 e. The van der Waals surface area contributed by atoms with E-state index in [1.165, 1.54) is 19.3 Å². The van der Waals surface area contributed by atoms with Gasteiger partial charge < -0.3 is 10.6 Å². The molecule has 0 saturated heterocycles. The molecular weight excluding hydrogens is 238 g/mol. The molecule has 0 unspecified atom stereocenters. The van der Waals surface area contributed by atoms with Gasteiger partial charge >= 0.3 is 0 Å². The predicted molar refractivity (Wildman–Crippen MR) is 75.3 cm³/mol. The number of hydrogen-bond acceptors (Lipinski definition) is 3. The van der Waals surface area contributed by atoms with E-state index in [4.69, 9.17) is 5.73 Å². The van der Waals surface area contributed by atoms with Crippen LogP contribution in [0, 0.1) is 0 Å². The Bertz CT molecular complexity index is 388. The minimum absolute atomic E-state index is 0.179. The summed E-state index contributed by atoms with van der Waals surface area (Å²) >= 11 is 0. The Morgan fingerprint density at radius 3 is 2.79 bits per heavy atom. The van der Waals surface area contributed by atoms with E-state index in [2.05, 4.69) is 4.98 Å². The first-order chi connectivity index (χ1) is 9.31. The third-order valence-electron chi connectivity index (χ3n) is 3.77. The average Bonchev–Trinajstić information content (AvgIpc) is 2.47. The van der Waals surface area contributed by atoms with Crippen LogP contribution in [0.15, 0.2) is 24.5 Å². The van der Waals surface area contributed by atoms with E-state index in [0.717, 1.165) is 18.4 Å². The Kier molecular flexibility index (Phi) is 5.33. The Balaban J connectivity index is 2.06. The number of rotatable bonds is 5. The topological polar surface area (TPSA) is 59.2 Å². The normalized spacial score (nSPS) is 16.3.